The summed E-state index contributed by atoms with van der Waals surface area (Å²) in [5.41, 5.74) is 1.78. The second-order valence-electron chi connectivity index (χ2n) is 9.50. The molecular weight excluding hydrogens is 527 g/mol. The minimum atomic E-state index is -5.08. The molecule has 2 saturated heterocycles. The molecule has 2 N–H and O–H groups in total. The van der Waals surface area contributed by atoms with E-state index in [1.54, 1.807) is 6.07 Å². The number of hydrogen-bond acceptors (Lipinski definition) is 7. The predicted molar refractivity (Wildman–Crippen MR) is 136 cm³/mol. The van der Waals surface area contributed by atoms with Crippen LogP contribution < -0.4 is 5.32 Å². The van der Waals surface area contributed by atoms with Crippen LogP contribution in [0.3, 0.4) is 0 Å². The third kappa shape index (κ3) is 9.80. The van der Waals surface area contributed by atoms with E-state index in [1.807, 2.05) is 30.9 Å². The van der Waals surface area contributed by atoms with Crippen LogP contribution in [-0.4, -0.2) is 130 Å². The van der Waals surface area contributed by atoms with Crippen LogP contribution in [0.4, 0.5) is 13.2 Å². The average Bonchev–Trinajstić information content (AvgIpc) is 2.85. The first-order valence-corrected chi connectivity index (χ1v) is 13.9. The van der Waals surface area contributed by atoms with E-state index in [4.69, 9.17) is 9.90 Å². The van der Waals surface area contributed by atoms with E-state index < -0.39 is 22.2 Å². The van der Waals surface area contributed by atoms with Crippen LogP contribution in [0, 0.1) is 13.8 Å². The minimum Gasteiger partial charge on any atom is -0.475 e. The van der Waals surface area contributed by atoms with Crippen molar-refractivity contribution in [3.8, 4) is 0 Å². The Kier molecular flexibility index (Phi) is 12.0. The summed E-state index contributed by atoms with van der Waals surface area (Å²) in [5.74, 6) is -2.73. The number of aliphatic carboxylic acids is 1. The van der Waals surface area contributed by atoms with E-state index >= 15 is 0 Å². The Morgan fingerprint density at radius 1 is 1.03 bits per heavy atom. The molecule has 0 saturated carbocycles. The zero-order valence-corrected chi connectivity index (χ0v) is 22.9. The molecule has 0 unspecified atom stereocenters. The normalized spacial score (nSPS) is 17.7. The lowest BCUT2D eigenvalue weighted by molar-refractivity contribution is -0.192. The van der Waals surface area contributed by atoms with Gasteiger partial charge in [-0.1, -0.05) is 17.7 Å². The van der Waals surface area contributed by atoms with E-state index in [2.05, 4.69) is 22.2 Å². The molecule has 1 aromatic rings. The van der Waals surface area contributed by atoms with Gasteiger partial charge in [-0.3, -0.25) is 9.69 Å². The maximum absolute atomic E-state index is 13.5. The van der Waals surface area contributed by atoms with Crippen molar-refractivity contribution in [1.82, 2.24) is 24.3 Å². The number of carbonyl (C=O) groups is 2. The van der Waals surface area contributed by atoms with Gasteiger partial charge in [0, 0.05) is 78.4 Å². The Balaban J connectivity index is 0.000000638. The number of nitrogens with zero attached hydrogens (tertiary/aromatic N) is 4. The molecular formula is C24H38F3N5O5S. The lowest BCUT2D eigenvalue weighted by atomic mass is 10.2. The van der Waals surface area contributed by atoms with E-state index in [9.17, 15) is 26.4 Å². The topological polar surface area (TPSA) is 113 Å². The van der Waals surface area contributed by atoms with Crippen LogP contribution in [0.15, 0.2) is 23.1 Å². The number of nitrogens with one attached hydrogen (secondary N) is 1. The van der Waals surface area contributed by atoms with Crippen molar-refractivity contribution >= 4 is 21.9 Å². The number of rotatable bonds is 8. The molecule has 2 aliphatic heterocycles. The van der Waals surface area contributed by atoms with Crippen molar-refractivity contribution in [2.24, 2.45) is 0 Å². The van der Waals surface area contributed by atoms with Gasteiger partial charge in [0.1, 0.15) is 0 Å². The largest absolute Gasteiger partial charge is 0.490 e. The highest BCUT2D eigenvalue weighted by Crippen LogP contribution is 2.22. The van der Waals surface area contributed by atoms with Crippen LogP contribution in [0.5, 0.6) is 0 Å². The molecule has 0 radical (unpaired) electrons. The lowest BCUT2D eigenvalue weighted by Crippen LogP contribution is -2.49. The first-order chi connectivity index (χ1) is 17.7. The van der Waals surface area contributed by atoms with Crippen molar-refractivity contribution in [2.45, 2.75) is 31.3 Å². The summed E-state index contributed by atoms with van der Waals surface area (Å²) in [7, 11) is -1.57. The number of aryl methyl sites for hydroxylation is 2. The van der Waals surface area contributed by atoms with Crippen molar-refractivity contribution in [2.75, 3.05) is 79.0 Å². The Bertz CT molecular complexity index is 1040. The molecule has 0 atom stereocenters. The van der Waals surface area contributed by atoms with E-state index in [-0.39, 0.29) is 18.9 Å². The Morgan fingerprint density at radius 3 is 2.13 bits per heavy atom. The molecule has 10 nitrogen and oxygen atoms in total. The van der Waals surface area contributed by atoms with Crippen LogP contribution in [0.25, 0.3) is 0 Å². The summed E-state index contributed by atoms with van der Waals surface area (Å²) in [5, 5.41) is 10.4. The number of sulfonamides is 1. The lowest BCUT2D eigenvalue weighted by Gasteiger charge is -2.34. The predicted octanol–water partition coefficient (Wildman–Crippen LogP) is 0.997. The average molecular weight is 566 g/mol. The molecule has 1 amide bonds. The number of carboxylic acids is 1. The number of halogens is 3. The van der Waals surface area contributed by atoms with Crippen molar-refractivity contribution in [1.29, 1.82) is 0 Å². The number of amides is 1. The van der Waals surface area contributed by atoms with Crippen molar-refractivity contribution in [3.05, 3.63) is 29.3 Å². The summed E-state index contributed by atoms with van der Waals surface area (Å²) in [6.07, 6.45) is -4.87. The van der Waals surface area contributed by atoms with Gasteiger partial charge in [-0.25, -0.2) is 13.2 Å². The van der Waals surface area contributed by atoms with Gasteiger partial charge in [-0.05, 0) is 32.5 Å². The van der Waals surface area contributed by atoms with Gasteiger partial charge in [0.2, 0.25) is 15.9 Å². The van der Waals surface area contributed by atoms with Crippen LogP contribution in [0.2, 0.25) is 0 Å². The number of carboxylic acid groups (broad SMARTS) is 1. The highest BCUT2D eigenvalue weighted by molar-refractivity contribution is 7.89. The molecule has 2 fully saturated rings. The molecule has 2 heterocycles. The molecule has 38 heavy (non-hydrogen) atoms. The number of alkyl halides is 3. The SMILES string of the molecule is Cc1ccc(S(=O)(=O)N(CCC(=O)N2CCNCC2)CCN2CCN(C)CC2)c(C)c1.O=C(O)C(F)(F)F. The molecule has 3 rings (SSSR count). The Labute approximate surface area is 222 Å². The van der Waals surface area contributed by atoms with Gasteiger partial charge in [-0.15, -0.1) is 0 Å². The maximum atomic E-state index is 13.5. The van der Waals surface area contributed by atoms with Gasteiger partial charge in [-0.2, -0.15) is 17.5 Å². The van der Waals surface area contributed by atoms with Gasteiger partial charge in [0.15, 0.2) is 0 Å². The quantitative estimate of drug-likeness (QED) is 0.480. The summed E-state index contributed by atoms with van der Waals surface area (Å²) in [6.45, 7) is 11.9. The minimum absolute atomic E-state index is 0.0296. The van der Waals surface area contributed by atoms with E-state index in [1.165, 1.54) is 4.31 Å². The smallest absolute Gasteiger partial charge is 0.475 e. The molecule has 216 valence electrons. The number of benzene rings is 1. The summed E-state index contributed by atoms with van der Waals surface area (Å²) < 4.78 is 60.3. The third-order valence-corrected chi connectivity index (χ3v) is 8.56. The van der Waals surface area contributed by atoms with Crippen molar-refractivity contribution < 1.29 is 36.3 Å². The van der Waals surface area contributed by atoms with Crippen LogP contribution in [-0.2, 0) is 19.6 Å². The molecule has 0 aliphatic carbocycles. The second kappa shape index (κ2) is 14.2. The molecule has 2 aliphatic rings. The standard InChI is InChI=1S/C22H37N5O3S.C2HF3O2/c1-19-4-5-21(20(2)18-19)31(29,30)27(17-16-25-14-12-24(3)13-15-25)9-6-22(28)26-10-7-23-8-11-26;3-2(4,5)1(6)7/h4-5,18,23H,6-17H2,1-3H3;(H,6,7). The monoisotopic (exact) mass is 565 g/mol. The second-order valence-corrected chi connectivity index (χ2v) is 11.4. The van der Waals surface area contributed by atoms with Crippen LogP contribution in [0.1, 0.15) is 17.5 Å². The highest BCUT2D eigenvalue weighted by Gasteiger charge is 2.38. The van der Waals surface area contributed by atoms with Crippen molar-refractivity contribution in [3.63, 3.8) is 0 Å². The molecule has 0 aromatic heterocycles. The number of hydrogen-bond donors (Lipinski definition) is 2. The van der Waals surface area contributed by atoms with Gasteiger partial charge >= 0.3 is 12.1 Å². The molecule has 14 heteroatoms. The number of piperazine rings is 2. The summed E-state index contributed by atoms with van der Waals surface area (Å²) in [4.78, 5) is 28.3. The van der Waals surface area contributed by atoms with Gasteiger partial charge in [0.25, 0.3) is 0 Å². The zero-order valence-electron chi connectivity index (χ0n) is 22.1. The Morgan fingerprint density at radius 2 is 1.61 bits per heavy atom. The first kappa shape index (κ1) is 32.0. The summed E-state index contributed by atoms with van der Waals surface area (Å²) >= 11 is 0. The van der Waals surface area contributed by atoms with Gasteiger partial charge < -0.3 is 20.2 Å². The van der Waals surface area contributed by atoms with E-state index in [0.717, 1.165) is 50.4 Å². The van der Waals surface area contributed by atoms with Crippen LogP contribution >= 0.6 is 0 Å². The van der Waals surface area contributed by atoms with E-state index in [0.29, 0.717) is 31.1 Å². The fourth-order valence-electron chi connectivity index (χ4n) is 4.20. The molecule has 0 spiro atoms. The first-order valence-electron chi connectivity index (χ1n) is 12.5. The Hall–Kier alpha value is -2.26. The number of likely N-dealkylation sites (N-methyl/N-ethyl adjacent to an activating group) is 1. The maximum Gasteiger partial charge on any atom is 0.490 e. The fraction of sp³-hybridized carbons (Fsp3) is 0.667. The van der Waals surface area contributed by atoms with Gasteiger partial charge in [0.05, 0.1) is 4.90 Å². The third-order valence-electron chi connectivity index (χ3n) is 6.50. The molecule has 1 aromatic carbocycles. The fourth-order valence-corrected chi connectivity index (χ4v) is 5.83. The summed E-state index contributed by atoms with van der Waals surface area (Å²) in [6, 6.07) is 5.43. The highest BCUT2D eigenvalue weighted by atomic mass is 32.2. The molecule has 0 bridgehead atoms. The number of carbonyl (C=O) groups excluding carboxylic acids is 1. The zero-order chi connectivity index (χ0) is 28.5.